The van der Waals surface area contributed by atoms with Gasteiger partial charge in [-0.2, -0.15) is 0 Å². The van der Waals surface area contributed by atoms with Crippen molar-refractivity contribution in [2.24, 2.45) is 0 Å². The first-order chi connectivity index (χ1) is 8.30. The van der Waals surface area contributed by atoms with E-state index in [1.165, 1.54) is 5.57 Å². The summed E-state index contributed by atoms with van der Waals surface area (Å²) in [6.45, 7) is 7.97. The van der Waals surface area contributed by atoms with Crippen molar-refractivity contribution in [2.45, 2.75) is 27.2 Å². The molecule has 0 unspecified atom stereocenters. The molecule has 1 aliphatic rings. The molecular formula is C14H25NO2. The minimum Gasteiger partial charge on any atom is -0.497 e. The molecule has 0 bridgehead atoms. The van der Waals surface area contributed by atoms with Crippen molar-refractivity contribution in [1.29, 1.82) is 0 Å². The van der Waals surface area contributed by atoms with Crippen molar-refractivity contribution < 1.29 is 9.47 Å². The number of hydrogen-bond donors (Lipinski definition) is 1. The van der Waals surface area contributed by atoms with Gasteiger partial charge in [0, 0.05) is 12.6 Å². The van der Waals surface area contributed by atoms with Gasteiger partial charge in [-0.15, -0.1) is 0 Å². The molecule has 0 saturated carbocycles. The zero-order valence-corrected chi connectivity index (χ0v) is 11.7. The van der Waals surface area contributed by atoms with Crippen LogP contribution in [0.25, 0.3) is 0 Å². The lowest BCUT2D eigenvalue weighted by atomic mass is 10.1. The fraction of sp³-hybridized carbons (Fsp3) is 0.571. The van der Waals surface area contributed by atoms with Crippen LogP contribution in [0.15, 0.2) is 35.3 Å². The van der Waals surface area contributed by atoms with E-state index >= 15 is 0 Å². The smallest absolute Gasteiger partial charge is 0.122 e. The van der Waals surface area contributed by atoms with Crippen LogP contribution in [0.2, 0.25) is 0 Å². The summed E-state index contributed by atoms with van der Waals surface area (Å²) in [6, 6.07) is 0. The van der Waals surface area contributed by atoms with Crippen LogP contribution in [0.1, 0.15) is 27.2 Å². The van der Waals surface area contributed by atoms with Gasteiger partial charge in [0.15, 0.2) is 0 Å². The lowest BCUT2D eigenvalue weighted by Gasteiger charge is -2.05. The Morgan fingerprint density at radius 2 is 1.76 bits per heavy atom. The number of methoxy groups -OCH3 is 2. The highest BCUT2D eigenvalue weighted by Gasteiger charge is 2.05. The first kappa shape index (κ1) is 15.8. The summed E-state index contributed by atoms with van der Waals surface area (Å²) in [5.41, 5.74) is 1.30. The minimum atomic E-state index is 0.841. The standard InChI is InChI=1S/C12H19NO2.C2H6/c1-4-13-9-10-5-6-11(14-2)8-12(7-10)15-3;1-2/h6-8,13H,4-5,9H2,1-3H3;1-2H3. The Labute approximate surface area is 105 Å². The molecule has 0 aromatic heterocycles. The predicted octanol–water partition coefficient (Wildman–Crippen LogP) is 3.01. The summed E-state index contributed by atoms with van der Waals surface area (Å²) in [6.07, 6.45) is 6.93. The van der Waals surface area contributed by atoms with E-state index in [-0.39, 0.29) is 0 Å². The van der Waals surface area contributed by atoms with E-state index in [0.29, 0.717) is 0 Å². The molecule has 0 saturated heterocycles. The number of nitrogens with one attached hydrogen (secondary N) is 1. The molecule has 0 aromatic rings. The Hall–Kier alpha value is -1.22. The van der Waals surface area contributed by atoms with Crippen molar-refractivity contribution in [3.63, 3.8) is 0 Å². The fourth-order valence-corrected chi connectivity index (χ4v) is 1.40. The van der Waals surface area contributed by atoms with Gasteiger partial charge in [0.2, 0.25) is 0 Å². The van der Waals surface area contributed by atoms with Crippen molar-refractivity contribution in [1.82, 2.24) is 5.32 Å². The molecule has 98 valence electrons. The van der Waals surface area contributed by atoms with Gasteiger partial charge in [0.1, 0.15) is 11.5 Å². The number of ether oxygens (including phenoxy) is 2. The molecule has 1 aliphatic carbocycles. The third-order valence-corrected chi connectivity index (χ3v) is 2.27. The summed E-state index contributed by atoms with van der Waals surface area (Å²) in [5.74, 6) is 1.70. The highest BCUT2D eigenvalue weighted by molar-refractivity contribution is 5.31. The summed E-state index contributed by atoms with van der Waals surface area (Å²) in [7, 11) is 3.34. The zero-order valence-electron chi connectivity index (χ0n) is 11.7. The van der Waals surface area contributed by atoms with Crippen LogP contribution < -0.4 is 5.32 Å². The van der Waals surface area contributed by atoms with E-state index in [0.717, 1.165) is 31.0 Å². The number of likely N-dealkylation sites (N-methyl/N-ethyl adjacent to an activating group) is 1. The van der Waals surface area contributed by atoms with Crippen molar-refractivity contribution >= 4 is 0 Å². The number of hydrogen-bond acceptors (Lipinski definition) is 3. The Balaban J connectivity index is 0.00000121. The molecule has 0 heterocycles. The van der Waals surface area contributed by atoms with Crippen LogP contribution in [0.5, 0.6) is 0 Å². The zero-order chi connectivity index (χ0) is 13.1. The molecule has 17 heavy (non-hydrogen) atoms. The van der Waals surface area contributed by atoms with E-state index < -0.39 is 0 Å². The van der Waals surface area contributed by atoms with Gasteiger partial charge in [-0.25, -0.2) is 0 Å². The maximum Gasteiger partial charge on any atom is 0.122 e. The molecular weight excluding hydrogens is 214 g/mol. The monoisotopic (exact) mass is 239 g/mol. The van der Waals surface area contributed by atoms with E-state index in [2.05, 4.69) is 24.4 Å². The molecule has 0 fully saturated rings. The van der Waals surface area contributed by atoms with Gasteiger partial charge in [-0.1, -0.05) is 20.8 Å². The van der Waals surface area contributed by atoms with Crippen LogP contribution in [0.4, 0.5) is 0 Å². The van der Waals surface area contributed by atoms with Gasteiger partial charge in [-0.3, -0.25) is 0 Å². The van der Waals surface area contributed by atoms with Gasteiger partial charge in [-0.05, 0) is 30.7 Å². The van der Waals surface area contributed by atoms with Crippen molar-refractivity contribution in [2.75, 3.05) is 27.3 Å². The van der Waals surface area contributed by atoms with Gasteiger partial charge in [0.25, 0.3) is 0 Å². The van der Waals surface area contributed by atoms with Crippen molar-refractivity contribution in [3.05, 3.63) is 35.3 Å². The molecule has 3 nitrogen and oxygen atoms in total. The lowest BCUT2D eigenvalue weighted by molar-refractivity contribution is 0.285. The van der Waals surface area contributed by atoms with Crippen LogP contribution in [-0.4, -0.2) is 27.3 Å². The Kier molecular flexibility index (Phi) is 9.25. The summed E-state index contributed by atoms with van der Waals surface area (Å²) < 4.78 is 10.5. The highest BCUT2D eigenvalue weighted by Crippen LogP contribution is 2.16. The SMILES string of the molecule is CC.CCNCC1=CC(OC)=CC(OC)=CC1. The van der Waals surface area contributed by atoms with Gasteiger partial charge >= 0.3 is 0 Å². The third kappa shape index (κ3) is 6.17. The second kappa shape index (κ2) is 9.97. The summed E-state index contributed by atoms with van der Waals surface area (Å²) in [4.78, 5) is 0. The Bertz CT molecular complexity index is 291. The van der Waals surface area contributed by atoms with Gasteiger partial charge < -0.3 is 14.8 Å². The molecule has 0 radical (unpaired) electrons. The van der Waals surface area contributed by atoms with E-state index in [1.807, 2.05) is 19.9 Å². The first-order valence-corrected chi connectivity index (χ1v) is 6.20. The number of rotatable bonds is 5. The average Bonchev–Trinajstić information content (AvgIpc) is 2.60. The Morgan fingerprint density at radius 1 is 1.12 bits per heavy atom. The van der Waals surface area contributed by atoms with E-state index in [1.54, 1.807) is 14.2 Å². The minimum absolute atomic E-state index is 0.841. The predicted molar refractivity (Wildman–Crippen MR) is 72.8 cm³/mol. The van der Waals surface area contributed by atoms with E-state index in [4.69, 9.17) is 9.47 Å². The third-order valence-electron chi connectivity index (χ3n) is 2.27. The molecule has 1 rings (SSSR count). The van der Waals surface area contributed by atoms with Crippen molar-refractivity contribution in [3.8, 4) is 0 Å². The van der Waals surface area contributed by atoms with E-state index in [9.17, 15) is 0 Å². The van der Waals surface area contributed by atoms with Crippen LogP contribution in [-0.2, 0) is 9.47 Å². The quantitative estimate of drug-likeness (QED) is 0.800. The lowest BCUT2D eigenvalue weighted by Crippen LogP contribution is -2.16. The second-order valence-corrected chi connectivity index (χ2v) is 3.35. The topological polar surface area (TPSA) is 30.5 Å². The maximum atomic E-state index is 5.25. The largest absolute Gasteiger partial charge is 0.497 e. The van der Waals surface area contributed by atoms with Crippen LogP contribution in [0.3, 0.4) is 0 Å². The molecule has 1 N–H and O–H groups in total. The fourth-order valence-electron chi connectivity index (χ4n) is 1.40. The molecule has 0 amide bonds. The molecule has 0 aliphatic heterocycles. The summed E-state index contributed by atoms with van der Waals surface area (Å²) in [5, 5.41) is 3.30. The molecule has 3 heteroatoms. The Morgan fingerprint density at radius 3 is 2.29 bits per heavy atom. The molecule has 0 atom stereocenters. The molecule has 0 aromatic carbocycles. The van der Waals surface area contributed by atoms with Crippen LogP contribution >= 0.6 is 0 Å². The van der Waals surface area contributed by atoms with Crippen LogP contribution in [0, 0.1) is 0 Å². The highest BCUT2D eigenvalue weighted by atomic mass is 16.5. The summed E-state index contributed by atoms with van der Waals surface area (Å²) >= 11 is 0. The van der Waals surface area contributed by atoms with Gasteiger partial charge in [0.05, 0.1) is 14.2 Å². The second-order valence-electron chi connectivity index (χ2n) is 3.35. The average molecular weight is 239 g/mol. The first-order valence-electron chi connectivity index (χ1n) is 6.20. The normalized spacial score (nSPS) is 14.5. The molecule has 0 spiro atoms. The number of allylic oxidation sites excluding steroid dienone is 3. The maximum absolute atomic E-state index is 5.25.